The third kappa shape index (κ3) is 3.08. The van der Waals surface area contributed by atoms with E-state index < -0.39 is 0 Å². The topological polar surface area (TPSA) is 50.7 Å². The molecule has 4 nitrogen and oxygen atoms in total. The van der Waals surface area contributed by atoms with Gasteiger partial charge in [0.25, 0.3) is 0 Å². The molecule has 106 valence electrons. The smallest absolute Gasteiger partial charge is 0.189 e. The van der Waals surface area contributed by atoms with Crippen molar-refractivity contribution in [2.45, 2.75) is 20.3 Å². The minimum Gasteiger partial charge on any atom is -0.316 e. The largest absolute Gasteiger partial charge is 0.316 e. The van der Waals surface area contributed by atoms with Crippen molar-refractivity contribution in [3.63, 3.8) is 0 Å². The summed E-state index contributed by atoms with van der Waals surface area (Å²) in [5.74, 6) is 0.818. The molecular weight excluding hydrogens is 280 g/mol. The van der Waals surface area contributed by atoms with Crippen molar-refractivity contribution in [3.05, 3.63) is 53.2 Å². The Morgan fingerprint density at radius 1 is 1.14 bits per heavy atom. The highest BCUT2D eigenvalue weighted by Gasteiger charge is 2.13. The number of pyridine rings is 2. The summed E-state index contributed by atoms with van der Waals surface area (Å²) in [6, 6.07) is 9.87. The lowest BCUT2D eigenvalue weighted by atomic mass is 10.2. The highest BCUT2D eigenvalue weighted by Crippen LogP contribution is 2.31. The Bertz CT molecular complexity index is 737. The Hall–Kier alpha value is -2.27. The molecule has 3 heterocycles. The van der Waals surface area contributed by atoms with Gasteiger partial charge in [-0.15, -0.1) is 11.3 Å². The van der Waals surface area contributed by atoms with Crippen molar-refractivity contribution in [1.29, 1.82) is 0 Å². The second-order valence-corrected chi connectivity index (χ2v) is 5.79. The van der Waals surface area contributed by atoms with Gasteiger partial charge in [0, 0.05) is 17.3 Å². The van der Waals surface area contributed by atoms with Crippen LogP contribution in [0, 0.1) is 6.92 Å². The standard InChI is InChI=1S/C16H16N4S/c1-3-13-15(12-6-4-5-8-17-12)20-16(21-13)19-14-10-11(2)7-9-18-14/h4-10H,3H2,1-2H3,(H,18,19,20). The van der Waals surface area contributed by atoms with Crippen LogP contribution in [0.3, 0.4) is 0 Å². The Kier molecular flexibility index (Phi) is 3.92. The number of aromatic nitrogens is 3. The van der Waals surface area contributed by atoms with Gasteiger partial charge in [-0.1, -0.05) is 13.0 Å². The van der Waals surface area contributed by atoms with Gasteiger partial charge in [0.2, 0.25) is 0 Å². The highest BCUT2D eigenvalue weighted by atomic mass is 32.1. The number of nitrogens with zero attached hydrogens (tertiary/aromatic N) is 3. The maximum Gasteiger partial charge on any atom is 0.189 e. The summed E-state index contributed by atoms with van der Waals surface area (Å²) in [7, 11) is 0. The second kappa shape index (κ2) is 6.01. The van der Waals surface area contributed by atoms with Gasteiger partial charge in [-0.2, -0.15) is 0 Å². The molecule has 21 heavy (non-hydrogen) atoms. The summed E-state index contributed by atoms with van der Waals surface area (Å²) in [4.78, 5) is 14.6. The fourth-order valence-corrected chi connectivity index (χ4v) is 2.98. The Balaban J connectivity index is 1.93. The van der Waals surface area contributed by atoms with Crippen LogP contribution >= 0.6 is 11.3 Å². The zero-order valence-electron chi connectivity index (χ0n) is 12.0. The van der Waals surface area contributed by atoms with E-state index in [0.29, 0.717) is 0 Å². The predicted molar refractivity (Wildman–Crippen MR) is 87.0 cm³/mol. The lowest BCUT2D eigenvalue weighted by Crippen LogP contribution is -1.93. The monoisotopic (exact) mass is 296 g/mol. The molecule has 3 rings (SSSR count). The van der Waals surface area contributed by atoms with Crippen molar-refractivity contribution in [1.82, 2.24) is 15.0 Å². The van der Waals surface area contributed by atoms with E-state index in [1.807, 2.05) is 37.3 Å². The molecule has 0 fully saturated rings. The van der Waals surface area contributed by atoms with Crippen LogP contribution in [0.2, 0.25) is 0 Å². The molecule has 0 aromatic carbocycles. The van der Waals surface area contributed by atoms with Crippen LogP contribution in [0.4, 0.5) is 10.9 Å². The zero-order chi connectivity index (χ0) is 14.7. The molecule has 1 N–H and O–H groups in total. The molecule has 0 saturated heterocycles. The first-order valence-corrected chi connectivity index (χ1v) is 7.68. The van der Waals surface area contributed by atoms with Gasteiger partial charge in [-0.25, -0.2) is 9.97 Å². The Morgan fingerprint density at radius 3 is 2.76 bits per heavy atom. The summed E-state index contributed by atoms with van der Waals surface area (Å²) in [6.45, 7) is 4.18. The first-order valence-electron chi connectivity index (χ1n) is 6.87. The minimum absolute atomic E-state index is 0.818. The maximum absolute atomic E-state index is 4.68. The van der Waals surface area contributed by atoms with Crippen molar-refractivity contribution in [2.75, 3.05) is 5.32 Å². The van der Waals surface area contributed by atoms with Crippen LogP contribution < -0.4 is 5.32 Å². The molecule has 0 unspecified atom stereocenters. The van der Waals surface area contributed by atoms with E-state index in [9.17, 15) is 0 Å². The quantitative estimate of drug-likeness (QED) is 0.783. The fraction of sp³-hybridized carbons (Fsp3) is 0.188. The van der Waals surface area contributed by atoms with E-state index in [1.54, 1.807) is 23.7 Å². The average Bonchev–Trinajstić information content (AvgIpc) is 2.91. The number of nitrogens with one attached hydrogen (secondary N) is 1. The molecule has 0 saturated carbocycles. The van der Waals surface area contributed by atoms with Gasteiger partial charge < -0.3 is 5.32 Å². The van der Waals surface area contributed by atoms with Gasteiger partial charge in [-0.3, -0.25) is 4.98 Å². The average molecular weight is 296 g/mol. The van der Waals surface area contributed by atoms with Gasteiger partial charge in [0.15, 0.2) is 5.13 Å². The van der Waals surface area contributed by atoms with E-state index in [0.717, 1.165) is 28.8 Å². The van der Waals surface area contributed by atoms with E-state index in [2.05, 4.69) is 27.2 Å². The molecule has 0 aliphatic carbocycles. The molecule has 3 aromatic heterocycles. The number of anilines is 2. The van der Waals surface area contributed by atoms with Crippen LogP contribution in [0.1, 0.15) is 17.4 Å². The van der Waals surface area contributed by atoms with Crippen molar-refractivity contribution < 1.29 is 0 Å². The Labute approximate surface area is 127 Å². The summed E-state index contributed by atoms with van der Waals surface area (Å²) >= 11 is 1.65. The molecule has 0 atom stereocenters. The van der Waals surface area contributed by atoms with Crippen LogP contribution in [0.5, 0.6) is 0 Å². The van der Waals surface area contributed by atoms with Gasteiger partial charge in [0.05, 0.1) is 5.69 Å². The summed E-state index contributed by atoms with van der Waals surface area (Å²) in [5.41, 5.74) is 3.04. The maximum atomic E-state index is 4.68. The second-order valence-electron chi connectivity index (χ2n) is 4.70. The number of aryl methyl sites for hydroxylation is 2. The van der Waals surface area contributed by atoms with Crippen molar-refractivity contribution in [3.8, 4) is 11.4 Å². The normalized spacial score (nSPS) is 10.6. The van der Waals surface area contributed by atoms with E-state index in [-0.39, 0.29) is 0 Å². The van der Waals surface area contributed by atoms with Crippen molar-refractivity contribution >= 4 is 22.3 Å². The van der Waals surface area contributed by atoms with Gasteiger partial charge in [-0.05, 0) is 43.2 Å². The Morgan fingerprint density at radius 2 is 2.05 bits per heavy atom. The van der Waals surface area contributed by atoms with Crippen molar-refractivity contribution in [2.24, 2.45) is 0 Å². The number of hydrogen-bond donors (Lipinski definition) is 1. The molecular formula is C16H16N4S. The molecule has 3 aromatic rings. The summed E-state index contributed by atoms with van der Waals surface area (Å²) in [6.07, 6.45) is 4.53. The summed E-state index contributed by atoms with van der Waals surface area (Å²) in [5, 5.41) is 4.13. The van der Waals surface area contributed by atoms with E-state index in [4.69, 9.17) is 0 Å². The minimum atomic E-state index is 0.818. The summed E-state index contributed by atoms with van der Waals surface area (Å²) < 4.78 is 0. The van der Waals surface area contributed by atoms with Gasteiger partial charge >= 0.3 is 0 Å². The molecule has 0 bridgehead atoms. The highest BCUT2D eigenvalue weighted by molar-refractivity contribution is 7.16. The molecule has 0 spiro atoms. The lowest BCUT2D eigenvalue weighted by Gasteiger charge is -2.01. The SMILES string of the molecule is CCc1sc(Nc2cc(C)ccn2)nc1-c1ccccn1. The third-order valence-corrected chi connectivity index (χ3v) is 4.19. The number of rotatable bonds is 4. The van der Waals surface area contributed by atoms with E-state index in [1.165, 1.54) is 10.4 Å². The zero-order valence-corrected chi connectivity index (χ0v) is 12.8. The van der Waals surface area contributed by atoms with Crippen LogP contribution in [0.25, 0.3) is 11.4 Å². The third-order valence-electron chi connectivity index (χ3n) is 3.08. The lowest BCUT2D eigenvalue weighted by molar-refractivity contribution is 1.15. The first-order chi connectivity index (χ1) is 10.3. The molecule has 0 amide bonds. The number of thiazole rings is 1. The van der Waals surface area contributed by atoms with Crippen LogP contribution in [0.15, 0.2) is 42.7 Å². The first kappa shape index (κ1) is 13.7. The molecule has 0 aliphatic rings. The van der Waals surface area contributed by atoms with E-state index >= 15 is 0 Å². The molecule has 5 heteroatoms. The van der Waals surface area contributed by atoms with Crippen LogP contribution in [-0.2, 0) is 6.42 Å². The predicted octanol–water partition coefficient (Wildman–Crippen LogP) is 4.21. The molecule has 0 aliphatic heterocycles. The fourth-order valence-electron chi connectivity index (χ4n) is 2.06. The number of hydrogen-bond acceptors (Lipinski definition) is 5. The van der Waals surface area contributed by atoms with Gasteiger partial charge in [0.1, 0.15) is 11.5 Å². The molecule has 0 radical (unpaired) electrons. The van der Waals surface area contributed by atoms with Crippen LogP contribution in [-0.4, -0.2) is 15.0 Å².